The van der Waals surface area contributed by atoms with Crippen molar-refractivity contribution in [3.63, 3.8) is 0 Å². The molecule has 0 saturated carbocycles. The fraction of sp³-hybridized carbons (Fsp3) is 0.886. The summed E-state index contributed by atoms with van der Waals surface area (Å²) >= 11 is 0. The van der Waals surface area contributed by atoms with Crippen LogP contribution >= 0.6 is 0 Å². The molecule has 57 heavy (non-hydrogen) atoms. The van der Waals surface area contributed by atoms with Crippen molar-refractivity contribution in [3.05, 3.63) is 17.9 Å². The van der Waals surface area contributed by atoms with E-state index in [4.69, 9.17) is 18.9 Å². The third-order valence-corrected chi connectivity index (χ3v) is 11.1. The maximum atomic E-state index is 12.8. The summed E-state index contributed by atoms with van der Waals surface area (Å²) < 4.78 is 54.0. The Labute approximate surface area is 345 Å². The highest BCUT2D eigenvalue weighted by molar-refractivity contribution is 7.85. The number of allylic oxidation sites excluding steroid dienone is 1. The van der Waals surface area contributed by atoms with Crippen molar-refractivity contribution in [3.8, 4) is 0 Å². The molecule has 0 aromatic carbocycles. The zero-order chi connectivity index (χ0) is 42.0. The minimum Gasteiger partial charge on any atom is -0.462 e. The van der Waals surface area contributed by atoms with Gasteiger partial charge in [-0.25, -0.2) is 0 Å². The number of rotatable bonds is 37. The average Bonchev–Trinajstić information content (AvgIpc) is 3.17. The summed E-state index contributed by atoms with van der Waals surface area (Å²) in [6.07, 6.45) is 24.6. The van der Waals surface area contributed by atoms with Gasteiger partial charge in [0, 0.05) is 12.8 Å². The molecule has 334 valence electrons. The minimum absolute atomic E-state index is 0.164. The molecule has 13 heteroatoms. The maximum Gasteiger partial charge on any atom is 0.306 e. The van der Waals surface area contributed by atoms with E-state index in [9.17, 15) is 37.9 Å². The second-order valence-corrected chi connectivity index (χ2v) is 17.3. The molecular formula is C44H80O12S. The molecule has 0 bridgehead atoms. The summed E-state index contributed by atoms with van der Waals surface area (Å²) in [6.45, 7) is 3.73. The monoisotopic (exact) mass is 833 g/mol. The Morgan fingerprint density at radius 2 is 1.05 bits per heavy atom. The van der Waals surface area contributed by atoms with Crippen molar-refractivity contribution in [1.29, 1.82) is 0 Å². The lowest BCUT2D eigenvalue weighted by atomic mass is 10.00. The first-order valence-corrected chi connectivity index (χ1v) is 24.1. The van der Waals surface area contributed by atoms with Gasteiger partial charge in [-0.15, -0.1) is 5.73 Å². The van der Waals surface area contributed by atoms with E-state index >= 15 is 0 Å². The highest BCUT2D eigenvalue weighted by atomic mass is 32.2. The van der Waals surface area contributed by atoms with Gasteiger partial charge in [-0.1, -0.05) is 142 Å². The van der Waals surface area contributed by atoms with E-state index in [0.29, 0.717) is 12.8 Å². The van der Waals surface area contributed by atoms with Crippen molar-refractivity contribution in [2.24, 2.45) is 0 Å². The molecule has 1 aliphatic rings. The van der Waals surface area contributed by atoms with Crippen LogP contribution in [0, 0.1) is 0 Å². The van der Waals surface area contributed by atoms with Gasteiger partial charge in [0.1, 0.15) is 36.8 Å². The number of ether oxygens (including phenoxy) is 4. The molecule has 6 atom stereocenters. The van der Waals surface area contributed by atoms with E-state index in [1.165, 1.54) is 96.3 Å². The molecular weight excluding hydrogens is 753 g/mol. The minimum atomic E-state index is -4.60. The third kappa shape index (κ3) is 29.9. The molecule has 1 rings (SSSR count). The van der Waals surface area contributed by atoms with E-state index in [1.807, 2.05) is 0 Å². The van der Waals surface area contributed by atoms with Gasteiger partial charge in [-0.05, 0) is 50.7 Å². The Kier molecular flexibility index (Phi) is 32.6. The first kappa shape index (κ1) is 53.2. The molecule has 0 aromatic heterocycles. The second-order valence-electron chi connectivity index (χ2n) is 15.8. The quantitative estimate of drug-likeness (QED) is 0.0202. The van der Waals surface area contributed by atoms with Crippen LogP contribution < -0.4 is 0 Å². The van der Waals surface area contributed by atoms with Gasteiger partial charge >= 0.3 is 11.9 Å². The lowest BCUT2D eigenvalue weighted by Crippen LogP contribution is -2.60. The molecule has 1 aliphatic heterocycles. The predicted octanol–water partition coefficient (Wildman–Crippen LogP) is 8.83. The largest absolute Gasteiger partial charge is 0.462 e. The van der Waals surface area contributed by atoms with Crippen LogP contribution in [0.15, 0.2) is 17.9 Å². The number of carbonyl (C=O) groups is 2. The Hall–Kier alpha value is -1.83. The Morgan fingerprint density at radius 3 is 1.53 bits per heavy atom. The number of esters is 2. The summed E-state index contributed by atoms with van der Waals surface area (Å²) in [7, 11) is -4.60. The van der Waals surface area contributed by atoms with Crippen LogP contribution in [0.5, 0.6) is 0 Å². The molecule has 0 radical (unpaired) electrons. The fourth-order valence-electron chi connectivity index (χ4n) is 6.83. The van der Waals surface area contributed by atoms with Crippen LogP contribution in [0.1, 0.15) is 194 Å². The second kappa shape index (κ2) is 35.0. The first-order chi connectivity index (χ1) is 27.5. The van der Waals surface area contributed by atoms with E-state index in [-0.39, 0.29) is 19.4 Å². The predicted molar refractivity (Wildman–Crippen MR) is 223 cm³/mol. The van der Waals surface area contributed by atoms with Gasteiger partial charge < -0.3 is 34.3 Å². The van der Waals surface area contributed by atoms with Crippen LogP contribution in [-0.4, -0.2) is 96.0 Å². The van der Waals surface area contributed by atoms with Crippen LogP contribution in [0.25, 0.3) is 0 Å². The maximum absolute atomic E-state index is 12.8. The van der Waals surface area contributed by atoms with Gasteiger partial charge in [0.05, 0.1) is 6.61 Å². The molecule has 4 N–H and O–H groups in total. The van der Waals surface area contributed by atoms with Crippen molar-refractivity contribution in [2.45, 2.75) is 230 Å². The number of hydrogen-bond acceptors (Lipinski definition) is 11. The summed E-state index contributed by atoms with van der Waals surface area (Å²) in [5.41, 5.74) is 3.28. The molecule has 1 saturated heterocycles. The van der Waals surface area contributed by atoms with Crippen molar-refractivity contribution in [1.82, 2.24) is 0 Å². The molecule has 0 aliphatic carbocycles. The van der Waals surface area contributed by atoms with Crippen molar-refractivity contribution < 1.29 is 56.8 Å². The zero-order valence-corrected chi connectivity index (χ0v) is 36.3. The number of aliphatic hydroxyl groups is 3. The van der Waals surface area contributed by atoms with Crippen LogP contribution in [0.2, 0.25) is 0 Å². The summed E-state index contributed by atoms with van der Waals surface area (Å²) in [5, 5.41) is 30.8. The Balaban J connectivity index is 2.47. The van der Waals surface area contributed by atoms with Gasteiger partial charge in [0.15, 0.2) is 12.4 Å². The van der Waals surface area contributed by atoms with E-state index in [0.717, 1.165) is 57.8 Å². The summed E-state index contributed by atoms with van der Waals surface area (Å²) in [5.74, 6) is -2.00. The van der Waals surface area contributed by atoms with Gasteiger partial charge in [-0.3, -0.25) is 14.1 Å². The van der Waals surface area contributed by atoms with Crippen LogP contribution in [0.4, 0.5) is 0 Å². The Morgan fingerprint density at radius 1 is 0.614 bits per heavy atom. The smallest absolute Gasteiger partial charge is 0.306 e. The molecule has 0 spiro atoms. The zero-order valence-electron chi connectivity index (χ0n) is 35.5. The number of aliphatic hydroxyl groups excluding tert-OH is 3. The molecule has 2 unspecified atom stereocenters. The first-order valence-electron chi connectivity index (χ1n) is 22.5. The molecule has 1 heterocycles. The summed E-state index contributed by atoms with van der Waals surface area (Å²) in [4.78, 5) is 25.4. The number of carbonyl (C=O) groups excluding carboxylic acids is 2. The average molecular weight is 833 g/mol. The SMILES string of the molecule is CCCCCCCC=C=CCCCCCCCC(=O)OC[C@H](CO[C@H]1O[C@H](CS(=O)(=O)O)[C@@H](O)C(O)C1O)OC(=O)CCCCCCCCCCCCCCCC. The summed E-state index contributed by atoms with van der Waals surface area (Å²) in [6, 6.07) is 0. The molecule has 1 fully saturated rings. The molecule has 0 aromatic rings. The van der Waals surface area contributed by atoms with Crippen LogP contribution in [-0.2, 0) is 38.7 Å². The molecule has 0 amide bonds. The van der Waals surface area contributed by atoms with Crippen molar-refractivity contribution >= 4 is 22.1 Å². The molecule has 12 nitrogen and oxygen atoms in total. The number of hydrogen-bond donors (Lipinski definition) is 4. The van der Waals surface area contributed by atoms with Gasteiger partial charge in [0.25, 0.3) is 10.1 Å². The van der Waals surface area contributed by atoms with E-state index in [1.54, 1.807) is 0 Å². The fourth-order valence-corrected chi connectivity index (χ4v) is 7.52. The van der Waals surface area contributed by atoms with E-state index in [2.05, 4.69) is 31.7 Å². The topological polar surface area (TPSA) is 186 Å². The highest BCUT2D eigenvalue weighted by Crippen LogP contribution is 2.24. The highest BCUT2D eigenvalue weighted by Gasteiger charge is 2.46. The van der Waals surface area contributed by atoms with Gasteiger partial charge in [-0.2, -0.15) is 8.42 Å². The lowest BCUT2D eigenvalue weighted by molar-refractivity contribution is -0.297. The van der Waals surface area contributed by atoms with Gasteiger partial charge in [0.2, 0.25) is 0 Å². The van der Waals surface area contributed by atoms with E-state index < -0.39 is 71.2 Å². The Bertz CT molecular complexity index is 1170. The third-order valence-electron chi connectivity index (χ3n) is 10.4. The lowest BCUT2D eigenvalue weighted by Gasteiger charge is -2.40. The normalized spacial score (nSPS) is 20.1. The standard InChI is InChI=1S/C44H80O12S/c1-3-5-7-9-11-13-15-17-19-21-22-24-26-28-30-32-39(45)53-34-37(35-54-44-43(49)42(48)41(47)38(56-44)36-57(50,51)52)55-40(46)33-31-29-27-25-23-20-18-16-14-12-10-8-6-4-2/h15,19,37-38,41-44,47-49H,3-14,16,18,20-36H2,1-2H3,(H,50,51,52)/t17?,37-,38-,41-,42?,43?,44+/m1/s1. The number of unbranched alkanes of at least 4 members (excludes halogenated alkanes) is 23. The van der Waals surface area contributed by atoms with Crippen LogP contribution in [0.3, 0.4) is 0 Å². The van der Waals surface area contributed by atoms with Crippen molar-refractivity contribution in [2.75, 3.05) is 19.0 Å².